The molecule has 0 aliphatic carbocycles. The normalized spacial score (nSPS) is 13.4. The average molecular weight is 263 g/mol. The number of carboxylic acids is 2. The smallest absolute Gasteiger partial charge is 0.321 e. The van der Waals surface area contributed by atoms with Gasteiger partial charge in [0.25, 0.3) is 0 Å². The van der Waals surface area contributed by atoms with Gasteiger partial charge in [0.05, 0.1) is 6.42 Å². The summed E-state index contributed by atoms with van der Waals surface area (Å²) >= 11 is 0. The van der Waals surface area contributed by atoms with Gasteiger partial charge in [-0.25, -0.2) is 0 Å². The van der Waals surface area contributed by atoms with Crippen LogP contribution in [0, 0.1) is 0 Å². The van der Waals surface area contributed by atoms with Crippen LogP contribution in [0.2, 0.25) is 6.04 Å². The summed E-state index contributed by atoms with van der Waals surface area (Å²) in [6, 6.07) is -0.0369. The predicted octanol–water partition coefficient (Wildman–Crippen LogP) is -0.179. The Hall–Kier alpha value is -0.923. The third-order valence-electron chi connectivity index (χ3n) is 2.09. The minimum absolute atomic E-state index is 0.258. The molecule has 1 unspecified atom stereocenters. The summed E-state index contributed by atoms with van der Waals surface area (Å²) in [4.78, 5) is 21.1. The Balaban J connectivity index is 3.61. The van der Waals surface area contributed by atoms with Crippen LogP contribution in [0.1, 0.15) is 26.7 Å². The van der Waals surface area contributed by atoms with Crippen LogP contribution in [-0.2, 0) is 14.0 Å². The van der Waals surface area contributed by atoms with Gasteiger partial charge in [-0.15, -0.1) is 0 Å². The van der Waals surface area contributed by atoms with E-state index in [1.54, 1.807) is 0 Å². The average Bonchev–Trinajstić information content (AvgIpc) is 2.20. The van der Waals surface area contributed by atoms with Gasteiger partial charge in [-0.1, -0.05) is 0 Å². The van der Waals surface area contributed by atoms with E-state index in [9.17, 15) is 9.59 Å². The van der Waals surface area contributed by atoms with Crippen molar-refractivity contribution in [3.05, 3.63) is 0 Å². The quantitative estimate of drug-likeness (QED) is 0.374. The second-order valence-corrected chi connectivity index (χ2v) is 5.52. The van der Waals surface area contributed by atoms with E-state index in [1.807, 2.05) is 13.8 Å². The van der Waals surface area contributed by atoms with Crippen LogP contribution in [0.15, 0.2) is 0 Å². The molecular weight excluding hydrogens is 242 g/mol. The molecule has 0 aromatic carbocycles. The standard InChI is InChI=1S/C10H21NO5Si/c1-7(2)16-17-5-3-4-11-8(10(14)15)6-9(12)13/h7-8,11H,3-6,17H2,1-2H3,(H,12,13)(H,14,15). The van der Waals surface area contributed by atoms with Gasteiger partial charge in [-0.3, -0.25) is 9.59 Å². The van der Waals surface area contributed by atoms with E-state index in [2.05, 4.69) is 5.32 Å². The molecule has 100 valence electrons. The lowest BCUT2D eigenvalue weighted by Gasteiger charge is -2.12. The number of aliphatic carboxylic acids is 2. The number of carboxylic acid groups (broad SMARTS) is 2. The van der Waals surface area contributed by atoms with Crippen LogP contribution in [0.25, 0.3) is 0 Å². The first-order valence-corrected chi connectivity index (χ1v) is 7.30. The van der Waals surface area contributed by atoms with E-state index in [-0.39, 0.29) is 6.10 Å². The lowest BCUT2D eigenvalue weighted by Crippen LogP contribution is -2.39. The SMILES string of the molecule is CC(C)O[SiH2]CCCNC(CC(=O)O)C(=O)O. The molecule has 0 radical (unpaired) electrons. The van der Waals surface area contributed by atoms with Crippen molar-refractivity contribution in [3.8, 4) is 0 Å². The van der Waals surface area contributed by atoms with Crippen LogP contribution in [-0.4, -0.2) is 50.6 Å². The van der Waals surface area contributed by atoms with E-state index in [0.717, 1.165) is 12.5 Å². The van der Waals surface area contributed by atoms with Crippen LogP contribution in [0.4, 0.5) is 0 Å². The molecule has 17 heavy (non-hydrogen) atoms. The predicted molar refractivity (Wildman–Crippen MR) is 65.9 cm³/mol. The van der Waals surface area contributed by atoms with E-state index >= 15 is 0 Å². The van der Waals surface area contributed by atoms with E-state index in [1.165, 1.54) is 0 Å². The molecule has 0 saturated carbocycles. The maximum absolute atomic E-state index is 10.7. The first-order valence-electron chi connectivity index (χ1n) is 5.73. The highest BCUT2D eigenvalue weighted by Gasteiger charge is 2.19. The third-order valence-corrected chi connectivity index (χ3v) is 3.78. The Bertz CT molecular complexity index is 247. The van der Waals surface area contributed by atoms with Crippen molar-refractivity contribution in [1.29, 1.82) is 0 Å². The van der Waals surface area contributed by atoms with Crippen LogP contribution >= 0.6 is 0 Å². The lowest BCUT2D eigenvalue weighted by atomic mass is 10.2. The van der Waals surface area contributed by atoms with Gasteiger partial charge in [0.2, 0.25) is 0 Å². The molecule has 1 atom stereocenters. The topological polar surface area (TPSA) is 95.9 Å². The molecule has 0 rings (SSSR count). The number of nitrogens with one attached hydrogen (secondary N) is 1. The number of rotatable bonds is 10. The van der Waals surface area contributed by atoms with Gasteiger partial charge in [0.1, 0.15) is 6.04 Å². The Morgan fingerprint density at radius 3 is 2.47 bits per heavy atom. The third kappa shape index (κ3) is 9.98. The minimum Gasteiger partial charge on any atom is -0.481 e. The zero-order chi connectivity index (χ0) is 13.3. The molecule has 0 heterocycles. The van der Waals surface area contributed by atoms with Crippen molar-refractivity contribution in [2.24, 2.45) is 0 Å². The van der Waals surface area contributed by atoms with Crippen molar-refractivity contribution in [2.75, 3.05) is 6.54 Å². The molecule has 0 aromatic heterocycles. The molecule has 0 aromatic rings. The van der Waals surface area contributed by atoms with E-state index in [0.29, 0.717) is 6.54 Å². The zero-order valence-electron chi connectivity index (χ0n) is 10.3. The summed E-state index contributed by atoms with van der Waals surface area (Å²) in [5.41, 5.74) is 0. The number of hydrogen-bond donors (Lipinski definition) is 3. The van der Waals surface area contributed by atoms with Crippen LogP contribution in [0.5, 0.6) is 0 Å². The van der Waals surface area contributed by atoms with Crippen molar-refractivity contribution >= 4 is 21.7 Å². The Morgan fingerprint density at radius 1 is 1.35 bits per heavy atom. The molecule has 0 spiro atoms. The fourth-order valence-corrected chi connectivity index (χ4v) is 2.34. The van der Waals surface area contributed by atoms with Crippen LogP contribution in [0.3, 0.4) is 0 Å². The van der Waals surface area contributed by atoms with Crippen molar-refractivity contribution in [2.45, 2.75) is 44.9 Å². The highest BCUT2D eigenvalue weighted by molar-refractivity contribution is 6.27. The second-order valence-electron chi connectivity index (χ2n) is 4.07. The lowest BCUT2D eigenvalue weighted by molar-refractivity contribution is -0.145. The monoisotopic (exact) mass is 263 g/mol. The highest BCUT2D eigenvalue weighted by Crippen LogP contribution is 1.96. The maximum Gasteiger partial charge on any atom is 0.321 e. The largest absolute Gasteiger partial charge is 0.481 e. The number of hydrogen-bond acceptors (Lipinski definition) is 4. The van der Waals surface area contributed by atoms with Crippen molar-refractivity contribution in [1.82, 2.24) is 5.32 Å². The molecule has 0 aliphatic rings. The molecule has 0 bridgehead atoms. The van der Waals surface area contributed by atoms with E-state index < -0.39 is 34.2 Å². The van der Waals surface area contributed by atoms with Gasteiger partial charge in [-0.2, -0.15) is 0 Å². The van der Waals surface area contributed by atoms with Gasteiger partial charge in [-0.05, 0) is 32.9 Å². The molecule has 0 fully saturated rings. The Kier molecular flexibility index (Phi) is 8.65. The van der Waals surface area contributed by atoms with Gasteiger partial charge in [0.15, 0.2) is 9.76 Å². The molecule has 0 amide bonds. The summed E-state index contributed by atoms with van der Waals surface area (Å²) < 4.78 is 5.46. The molecule has 0 aliphatic heterocycles. The summed E-state index contributed by atoms with van der Waals surface area (Å²) in [7, 11) is -0.526. The first kappa shape index (κ1) is 16.1. The molecule has 7 heteroatoms. The minimum atomic E-state index is -1.12. The molecule has 6 nitrogen and oxygen atoms in total. The molecular formula is C10H21NO5Si. The fourth-order valence-electron chi connectivity index (χ4n) is 1.24. The molecule has 0 saturated heterocycles. The first-order chi connectivity index (χ1) is 7.93. The van der Waals surface area contributed by atoms with Crippen LogP contribution < -0.4 is 5.32 Å². The van der Waals surface area contributed by atoms with Crippen molar-refractivity contribution in [3.63, 3.8) is 0 Å². The van der Waals surface area contributed by atoms with Crippen molar-refractivity contribution < 1.29 is 24.2 Å². The number of carbonyl (C=O) groups is 2. The van der Waals surface area contributed by atoms with Gasteiger partial charge >= 0.3 is 11.9 Å². The maximum atomic E-state index is 10.7. The Labute approximate surface area is 103 Å². The summed E-state index contributed by atoms with van der Waals surface area (Å²) in [6.07, 6.45) is 0.686. The van der Waals surface area contributed by atoms with Gasteiger partial charge < -0.3 is 20.0 Å². The van der Waals surface area contributed by atoms with E-state index in [4.69, 9.17) is 14.6 Å². The second kappa shape index (κ2) is 9.14. The fraction of sp³-hybridized carbons (Fsp3) is 0.800. The molecule has 3 N–H and O–H groups in total. The highest BCUT2D eigenvalue weighted by atomic mass is 28.2. The summed E-state index contributed by atoms with van der Waals surface area (Å²) in [5.74, 6) is -2.23. The Morgan fingerprint density at radius 2 is 2.00 bits per heavy atom. The summed E-state index contributed by atoms with van der Waals surface area (Å²) in [5, 5.41) is 20.0. The summed E-state index contributed by atoms with van der Waals surface area (Å²) in [6.45, 7) is 4.48. The zero-order valence-corrected chi connectivity index (χ0v) is 11.7. The van der Waals surface area contributed by atoms with Gasteiger partial charge in [0, 0.05) is 6.10 Å².